The Labute approximate surface area is 142 Å². The van der Waals surface area contributed by atoms with Crippen molar-refractivity contribution in [3.05, 3.63) is 70.4 Å². The molecule has 0 aliphatic carbocycles. The van der Waals surface area contributed by atoms with E-state index in [1.54, 1.807) is 43.4 Å². The maximum Gasteiger partial charge on any atom is 0.416 e. The van der Waals surface area contributed by atoms with Gasteiger partial charge in [0.25, 0.3) is 0 Å². The molecule has 0 aliphatic heterocycles. The molecule has 0 radical (unpaired) electrons. The second-order valence-electron chi connectivity index (χ2n) is 5.89. The quantitative estimate of drug-likeness (QED) is 0.660. The van der Waals surface area contributed by atoms with Crippen molar-refractivity contribution in [1.29, 1.82) is 0 Å². The minimum atomic E-state index is -4.41. The summed E-state index contributed by atoms with van der Waals surface area (Å²) in [6, 6.07) is 10.5. The van der Waals surface area contributed by atoms with Crippen LogP contribution in [-0.4, -0.2) is 24.0 Å². The Hall–Kier alpha value is -1.98. The summed E-state index contributed by atoms with van der Waals surface area (Å²) in [6.07, 6.45) is -2.66. The van der Waals surface area contributed by atoms with Crippen LogP contribution < -0.4 is 0 Å². The zero-order valence-corrected chi connectivity index (χ0v) is 13.9. The predicted octanol–water partition coefficient (Wildman–Crippen LogP) is 5.49. The molecule has 3 rings (SSSR count). The number of nitrogens with zero attached hydrogens (tertiary/aromatic N) is 1. The van der Waals surface area contributed by atoms with Gasteiger partial charge in [-0.05, 0) is 49.5 Å². The molecular weight excluding hydrogens is 337 g/mol. The van der Waals surface area contributed by atoms with E-state index in [2.05, 4.69) is 4.98 Å². The Morgan fingerprint density at radius 3 is 2.42 bits per heavy atom. The highest BCUT2D eigenvalue weighted by atomic mass is 35.5. The fourth-order valence-electron chi connectivity index (χ4n) is 3.06. The molecule has 1 aromatic heterocycles. The minimum Gasteiger partial charge on any atom is -0.361 e. The lowest BCUT2D eigenvalue weighted by atomic mass is 9.93. The molecule has 0 aliphatic rings. The number of rotatable bonds is 3. The van der Waals surface area contributed by atoms with E-state index in [1.165, 1.54) is 12.1 Å². The lowest BCUT2D eigenvalue weighted by Crippen LogP contribution is -2.24. The summed E-state index contributed by atoms with van der Waals surface area (Å²) in [6.45, 7) is 0. The number of halogens is 4. The van der Waals surface area contributed by atoms with Gasteiger partial charge in [-0.2, -0.15) is 13.2 Å². The van der Waals surface area contributed by atoms with E-state index in [0.717, 1.165) is 22.5 Å². The SMILES string of the molecule is CN(C)C(c1ccccc1C(F)(F)F)c1c[nH]c2ccc(Cl)cc12. The molecule has 2 nitrogen and oxygen atoms in total. The first-order valence-corrected chi connectivity index (χ1v) is 7.76. The Kier molecular flexibility index (Phi) is 4.32. The topological polar surface area (TPSA) is 19.0 Å². The van der Waals surface area contributed by atoms with Crippen LogP contribution in [0.15, 0.2) is 48.7 Å². The van der Waals surface area contributed by atoms with E-state index < -0.39 is 17.8 Å². The molecule has 0 bridgehead atoms. The lowest BCUT2D eigenvalue weighted by Gasteiger charge is -2.27. The highest BCUT2D eigenvalue weighted by Crippen LogP contribution is 2.40. The summed E-state index contributed by atoms with van der Waals surface area (Å²) in [5.41, 5.74) is 1.19. The van der Waals surface area contributed by atoms with Gasteiger partial charge in [-0.15, -0.1) is 0 Å². The van der Waals surface area contributed by atoms with Crippen LogP contribution in [0.2, 0.25) is 5.02 Å². The Morgan fingerprint density at radius 1 is 1.04 bits per heavy atom. The van der Waals surface area contributed by atoms with Crippen molar-refractivity contribution in [2.45, 2.75) is 12.2 Å². The molecule has 1 atom stereocenters. The van der Waals surface area contributed by atoms with Crippen LogP contribution in [0.5, 0.6) is 0 Å². The average molecular weight is 353 g/mol. The number of benzene rings is 2. The number of H-pyrrole nitrogens is 1. The second kappa shape index (κ2) is 6.15. The normalized spacial score (nSPS) is 13.6. The van der Waals surface area contributed by atoms with Crippen LogP contribution in [0.4, 0.5) is 13.2 Å². The zero-order valence-electron chi connectivity index (χ0n) is 13.2. The standard InChI is InChI=1S/C18H16ClF3N2/c1-24(2)17(12-5-3-4-6-15(12)18(20,21)22)14-10-23-16-8-7-11(19)9-13(14)16/h3-10,17,23H,1-2H3. The van der Waals surface area contributed by atoms with Crippen LogP contribution in [0.3, 0.4) is 0 Å². The first kappa shape index (κ1) is 16.9. The summed E-state index contributed by atoms with van der Waals surface area (Å²) < 4.78 is 40.3. The van der Waals surface area contributed by atoms with Gasteiger partial charge in [0, 0.05) is 22.1 Å². The van der Waals surface area contributed by atoms with Crippen molar-refractivity contribution < 1.29 is 13.2 Å². The third-order valence-corrected chi connectivity index (χ3v) is 4.28. The maximum atomic E-state index is 13.4. The highest BCUT2D eigenvalue weighted by molar-refractivity contribution is 6.31. The van der Waals surface area contributed by atoms with Gasteiger partial charge in [-0.1, -0.05) is 29.8 Å². The molecule has 3 aromatic rings. The van der Waals surface area contributed by atoms with E-state index in [9.17, 15) is 13.2 Å². The molecule has 0 amide bonds. The summed E-state index contributed by atoms with van der Waals surface area (Å²) in [5, 5.41) is 1.36. The first-order valence-electron chi connectivity index (χ1n) is 7.38. The van der Waals surface area contributed by atoms with E-state index in [0.29, 0.717) is 5.02 Å². The summed E-state index contributed by atoms with van der Waals surface area (Å²) >= 11 is 6.07. The van der Waals surface area contributed by atoms with Gasteiger partial charge >= 0.3 is 6.18 Å². The molecule has 2 aromatic carbocycles. The van der Waals surface area contributed by atoms with Crippen molar-refractivity contribution in [2.75, 3.05) is 14.1 Å². The largest absolute Gasteiger partial charge is 0.416 e. The average Bonchev–Trinajstić information content (AvgIpc) is 2.90. The third kappa shape index (κ3) is 3.01. The van der Waals surface area contributed by atoms with E-state index in [1.807, 2.05) is 6.07 Å². The molecule has 0 fully saturated rings. The molecular formula is C18H16ClF3N2. The van der Waals surface area contributed by atoms with Crippen LogP contribution >= 0.6 is 11.6 Å². The molecule has 1 N–H and O–H groups in total. The van der Waals surface area contributed by atoms with Gasteiger partial charge in [-0.3, -0.25) is 4.90 Å². The molecule has 0 saturated heterocycles. The van der Waals surface area contributed by atoms with Crippen molar-refractivity contribution in [3.8, 4) is 0 Å². The number of aromatic nitrogens is 1. The summed E-state index contributed by atoms with van der Waals surface area (Å²) in [7, 11) is 3.53. The predicted molar refractivity (Wildman–Crippen MR) is 90.3 cm³/mol. The fourth-order valence-corrected chi connectivity index (χ4v) is 3.23. The number of hydrogen-bond acceptors (Lipinski definition) is 1. The van der Waals surface area contributed by atoms with Crippen LogP contribution in [0.1, 0.15) is 22.7 Å². The van der Waals surface area contributed by atoms with Crippen LogP contribution in [0.25, 0.3) is 10.9 Å². The third-order valence-electron chi connectivity index (χ3n) is 4.05. The van der Waals surface area contributed by atoms with Crippen LogP contribution in [-0.2, 0) is 6.18 Å². The highest BCUT2D eigenvalue weighted by Gasteiger charge is 2.36. The maximum absolute atomic E-state index is 13.4. The fraction of sp³-hybridized carbons (Fsp3) is 0.222. The van der Waals surface area contributed by atoms with E-state index in [4.69, 9.17) is 11.6 Å². The molecule has 126 valence electrons. The van der Waals surface area contributed by atoms with Gasteiger partial charge in [-0.25, -0.2) is 0 Å². The van der Waals surface area contributed by atoms with Crippen molar-refractivity contribution in [2.24, 2.45) is 0 Å². The Morgan fingerprint density at radius 2 is 1.75 bits per heavy atom. The molecule has 1 unspecified atom stereocenters. The Bertz CT molecular complexity index is 868. The van der Waals surface area contributed by atoms with Crippen molar-refractivity contribution in [1.82, 2.24) is 9.88 Å². The minimum absolute atomic E-state index is 0.218. The molecule has 0 saturated carbocycles. The smallest absolute Gasteiger partial charge is 0.361 e. The number of nitrogens with one attached hydrogen (secondary N) is 1. The lowest BCUT2D eigenvalue weighted by molar-refractivity contribution is -0.138. The number of fused-ring (bicyclic) bond motifs is 1. The van der Waals surface area contributed by atoms with Crippen LogP contribution in [0, 0.1) is 0 Å². The van der Waals surface area contributed by atoms with E-state index in [-0.39, 0.29) is 5.56 Å². The number of hydrogen-bond donors (Lipinski definition) is 1. The monoisotopic (exact) mass is 352 g/mol. The van der Waals surface area contributed by atoms with Crippen molar-refractivity contribution >= 4 is 22.5 Å². The first-order chi connectivity index (χ1) is 11.3. The number of aromatic amines is 1. The van der Waals surface area contributed by atoms with Gasteiger partial charge in [0.1, 0.15) is 0 Å². The zero-order chi connectivity index (χ0) is 17.5. The Balaban J connectivity index is 2.24. The summed E-state index contributed by atoms with van der Waals surface area (Å²) in [4.78, 5) is 4.88. The molecule has 1 heterocycles. The van der Waals surface area contributed by atoms with Gasteiger partial charge < -0.3 is 4.98 Å². The van der Waals surface area contributed by atoms with E-state index >= 15 is 0 Å². The van der Waals surface area contributed by atoms with Crippen molar-refractivity contribution in [3.63, 3.8) is 0 Å². The second-order valence-corrected chi connectivity index (χ2v) is 6.32. The van der Waals surface area contributed by atoms with Gasteiger partial charge in [0.2, 0.25) is 0 Å². The molecule has 24 heavy (non-hydrogen) atoms. The molecule has 6 heteroatoms. The van der Waals surface area contributed by atoms with Gasteiger partial charge in [0.15, 0.2) is 0 Å². The number of alkyl halides is 3. The van der Waals surface area contributed by atoms with Gasteiger partial charge in [0.05, 0.1) is 11.6 Å². The summed E-state index contributed by atoms with van der Waals surface area (Å²) in [5.74, 6) is 0. The molecule has 0 spiro atoms.